The molecule has 0 bridgehead atoms. The monoisotopic (exact) mass is 198 g/mol. The molecule has 0 aliphatic rings. The Hall–Kier alpha value is 1.77. The van der Waals surface area contributed by atoms with Gasteiger partial charge in [0, 0.05) is 56.0 Å². The second-order valence-corrected chi connectivity index (χ2v) is 0. The summed E-state index contributed by atoms with van der Waals surface area (Å²) < 4.78 is 0. The van der Waals surface area contributed by atoms with Crippen LogP contribution in [0.25, 0.3) is 0 Å². The van der Waals surface area contributed by atoms with Gasteiger partial charge in [-0.1, -0.05) is 0 Å². The molecule has 0 amide bonds. The molecule has 0 aliphatic heterocycles. The smallest absolute Gasteiger partial charge is 0 e. The van der Waals surface area contributed by atoms with Crippen molar-refractivity contribution in [2.75, 3.05) is 0 Å². The van der Waals surface area contributed by atoms with Crippen LogP contribution in [0.4, 0.5) is 0 Å². The third kappa shape index (κ3) is 9.24. The van der Waals surface area contributed by atoms with Crippen molar-refractivity contribution in [1.29, 1.82) is 0 Å². The van der Waals surface area contributed by atoms with Crippen molar-refractivity contribution in [2.24, 2.45) is 0 Å². The van der Waals surface area contributed by atoms with Gasteiger partial charge in [-0.15, -0.1) is 0 Å². The molecular formula is CH3MnZn2-. The van der Waals surface area contributed by atoms with E-state index in [9.17, 15) is 0 Å². The van der Waals surface area contributed by atoms with E-state index in [0.29, 0.717) is 0 Å². The van der Waals surface area contributed by atoms with E-state index in [4.69, 9.17) is 0 Å². The van der Waals surface area contributed by atoms with Crippen LogP contribution in [0, 0.1) is 7.43 Å². The summed E-state index contributed by atoms with van der Waals surface area (Å²) in [5.41, 5.74) is 0. The van der Waals surface area contributed by atoms with Crippen LogP contribution >= 0.6 is 0 Å². The third-order valence-electron chi connectivity index (χ3n) is 0. The minimum atomic E-state index is 0. The van der Waals surface area contributed by atoms with E-state index < -0.39 is 0 Å². The predicted molar refractivity (Wildman–Crippen MR) is 6.41 cm³/mol. The second-order valence-electron chi connectivity index (χ2n) is 0. The maximum atomic E-state index is 0. The Balaban J connectivity index is 0. The summed E-state index contributed by atoms with van der Waals surface area (Å²) >= 11 is 0. The molecule has 0 aromatic carbocycles. The molecule has 1 radical (unpaired) electrons. The summed E-state index contributed by atoms with van der Waals surface area (Å²) in [5.74, 6) is 0. The van der Waals surface area contributed by atoms with Crippen molar-refractivity contribution in [1.82, 2.24) is 0 Å². The zero-order valence-corrected chi connectivity index (χ0v) is 9.91. The fourth-order valence-corrected chi connectivity index (χ4v) is 0. The molecule has 3 heteroatoms. The molecule has 0 aromatic rings. The number of hydrogen-bond acceptors (Lipinski definition) is 0. The Labute approximate surface area is 63.1 Å². The van der Waals surface area contributed by atoms with Crippen LogP contribution in [0.5, 0.6) is 0 Å². The van der Waals surface area contributed by atoms with Gasteiger partial charge in [0.2, 0.25) is 0 Å². The van der Waals surface area contributed by atoms with Crippen LogP contribution in [0.2, 0.25) is 0 Å². The van der Waals surface area contributed by atoms with Gasteiger partial charge in [-0.25, -0.2) is 0 Å². The Morgan fingerprint density at radius 1 is 0.750 bits per heavy atom. The summed E-state index contributed by atoms with van der Waals surface area (Å²) in [4.78, 5) is 0. The first kappa shape index (κ1) is 42.0. The van der Waals surface area contributed by atoms with E-state index in [0.717, 1.165) is 0 Å². The average molecular weight is 201 g/mol. The first-order valence-electron chi connectivity index (χ1n) is 0. The van der Waals surface area contributed by atoms with Crippen LogP contribution in [0.3, 0.4) is 0 Å². The van der Waals surface area contributed by atoms with E-state index in [1.807, 2.05) is 0 Å². The summed E-state index contributed by atoms with van der Waals surface area (Å²) in [6.07, 6.45) is 0. The van der Waals surface area contributed by atoms with Gasteiger partial charge in [0.25, 0.3) is 0 Å². The molecular weight excluding hydrogens is 198 g/mol. The molecule has 0 saturated heterocycles. The number of hydrogen-bond donors (Lipinski definition) is 0. The van der Waals surface area contributed by atoms with Gasteiger partial charge in [-0.3, -0.25) is 0 Å². The quantitative estimate of drug-likeness (QED) is 0.394. The molecule has 19 valence electrons. The summed E-state index contributed by atoms with van der Waals surface area (Å²) in [5, 5.41) is 0. The van der Waals surface area contributed by atoms with Crippen LogP contribution in [-0.4, -0.2) is 0 Å². The normalized spacial score (nSPS) is 0. The van der Waals surface area contributed by atoms with Gasteiger partial charge < -0.3 is 7.43 Å². The van der Waals surface area contributed by atoms with E-state index in [2.05, 4.69) is 0 Å². The first-order valence-corrected chi connectivity index (χ1v) is 0. The summed E-state index contributed by atoms with van der Waals surface area (Å²) in [6.45, 7) is 0. The van der Waals surface area contributed by atoms with E-state index in [1.165, 1.54) is 0 Å². The molecule has 0 aliphatic carbocycles. The van der Waals surface area contributed by atoms with E-state index in [1.54, 1.807) is 0 Å². The molecule has 0 N–H and O–H groups in total. The molecule has 0 rings (SSSR count). The molecule has 0 heterocycles. The van der Waals surface area contributed by atoms with Gasteiger partial charge in [0.15, 0.2) is 0 Å². The molecule has 4 heavy (non-hydrogen) atoms. The molecule has 0 atom stereocenters. The molecule has 0 nitrogen and oxygen atoms in total. The van der Waals surface area contributed by atoms with Crippen molar-refractivity contribution in [2.45, 2.75) is 0 Å². The van der Waals surface area contributed by atoms with Gasteiger partial charge in [-0.2, -0.15) is 0 Å². The molecule has 0 fully saturated rings. The second kappa shape index (κ2) is 21.7. The van der Waals surface area contributed by atoms with Gasteiger partial charge in [0.1, 0.15) is 0 Å². The Bertz CT molecular complexity index is 6.00. The Morgan fingerprint density at radius 3 is 0.750 bits per heavy atom. The topological polar surface area (TPSA) is 0 Å². The molecule has 0 aromatic heterocycles. The molecule has 0 saturated carbocycles. The van der Waals surface area contributed by atoms with Crippen molar-refractivity contribution in [3.05, 3.63) is 7.43 Å². The average Bonchev–Trinajstić information content (AvgIpc) is 0. The molecule has 0 unspecified atom stereocenters. The maximum absolute atomic E-state index is 0. The van der Waals surface area contributed by atoms with Gasteiger partial charge in [-0.05, 0) is 0 Å². The minimum Gasteiger partial charge on any atom is -0.358 e. The van der Waals surface area contributed by atoms with Crippen molar-refractivity contribution in [3.8, 4) is 0 Å². The third-order valence-corrected chi connectivity index (χ3v) is 0. The van der Waals surface area contributed by atoms with E-state index >= 15 is 0 Å². The van der Waals surface area contributed by atoms with Crippen LogP contribution in [0.1, 0.15) is 0 Å². The zero-order chi connectivity index (χ0) is 0. The molecule has 0 spiro atoms. The summed E-state index contributed by atoms with van der Waals surface area (Å²) in [7, 11) is 0. The van der Waals surface area contributed by atoms with Crippen LogP contribution in [0.15, 0.2) is 0 Å². The standard InChI is InChI=1S/CH3.Mn.2Zn/h1H3;;;/q-1;;;. The summed E-state index contributed by atoms with van der Waals surface area (Å²) in [6, 6.07) is 0. The first-order chi connectivity index (χ1) is 0. The van der Waals surface area contributed by atoms with Gasteiger partial charge >= 0.3 is 0 Å². The van der Waals surface area contributed by atoms with Crippen molar-refractivity contribution >= 4 is 0 Å². The van der Waals surface area contributed by atoms with Crippen LogP contribution in [-0.2, 0) is 56.0 Å². The van der Waals surface area contributed by atoms with Crippen LogP contribution < -0.4 is 0 Å². The SMILES string of the molecule is [CH3-].[Mn].[Zn].[Zn]. The minimum absolute atomic E-state index is 0. The fraction of sp³-hybridized carbons (Fsp3) is 0. The number of rotatable bonds is 0. The fourth-order valence-electron chi connectivity index (χ4n) is 0. The van der Waals surface area contributed by atoms with Gasteiger partial charge in [0.05, 0.1) is 0 Å². The van der Waals surface area contributed by atoms with E-state index in [-0.39, 0.29) is 63.5 Å². The van der Waals surface area contributed by atoms with Crippen molar-refractivity contribution < 1.29 is 56.0 Å². The maximum Gasteiger partial charge on any atom is 0 e. The predicted octanol–water partition coefficient (Wildman–Crippen LogP) is 0.443. The Morgan fingerprint density at radius 2 is 0.750 bits per heavy atom. The van der Waals surface area contributed by atoms with Crippen molar-refractivity contribution in [3.63, 3.8) is 0 Å². The zero-order valence-electron chi connectivity index (χ0n) is 2.79. The largest absolute Gasteiger partial charge is 0.358 e. The Kier molecular flexibility index (Phi) is 227.